The number of thiocarbonyl (C=S) groups is 1. The van der Waals surface area contributed by atoms with Crippen molar-refractivity contribution in [3.05, 3.63) is 61.5 Å². The molecule has 2 rings (SSSR count). The van der Waals surface area contributed by atoms with Gasteiger partial charge in [-0.3, -0.25) is 4.79 Å². The highest BCUT2D eigenvalue weighted by molar-refractivity contribution is 9.10. The van der Waals surface area contributed by atoms with Crippen LogP contribution in [-0.2, 0) is 4.79 Å². The predicted molar refractivity (Wildman–Crippen MR) is 114 cm³/mol. The first kappa shape index (κ1) is 21.0. The average molecular weight is 476 g/mol. The van der Waals surface area contributed by atoms with E-state index in [9.17, 15) is 9.90 Å². The molecule has 0 unspecified atom stereocenters. The number of nitrogens with one attached hydrogen (secondary N) is 2. The number of aliphatic carboxylic acids is 1. The minimum atomic E-state index is -0.965. The number of hydrogen-bond acceptors (Lipinski definition) is 2. The largest absolute Gasteiger partial charge is 0.481 e. The third kappa shape index (κ3) is 5.58. The summed E-state index contributed by atoms with van der Waals surface area (Å²) in [6, 6.07) is 8.30. The summed E-state index contributed by atoms with van der Waals surface area (Å²) in [6.45, 7) is 3.93. The lowest BCUT2D eigenvalue weighted by atomic mass is 10.0. The van der Waals surface area contributed by atoms with E-state index >= 15 is 0 Å². The molecule has 138 valence electrons. The Labute approximate surface area is 176 Å². The van der Waals surface area contributed by atoms with Crippen LogP contribution in [0.5, 0.6) is 0 Å². The molecule has 2 aromatic rings. The van der Waals surface area contributed by atoms with Gasteiger partial charge in [-0.2, -0.15) is 0 Å². The maximum absolute atomic E-state index is 11.3. The lowest BCUT2D eigenvalue weighted by Gasteiger charge is -2.22. The van der Waals surface area contributed by atoms with Gasteiger partial charge in [0.1, 0.15) is 0 Å². The Morgan fingerprint density at radius 2 is 1.85 bits per heavy atom. The third-order valence-electron chi connectivity index (χ3n) is 3.76. The van der Waals surface area contributed by atoms with Crippen LogP contribution in [-0.4, -0.2) is 16.2 Å². The number of anilines is 1. The van der Waals surface area contributed by atoms with E-state index in [1.165, 1.54) is 0 Å². The zero-order chi connectivity index (χ0) is 19.4. The van der Waals surface area contributed by atoms with Gasteiger partial charge in [-0.1, -0.05) is 45.2 Å². The van der Waals surface area contributed by atoms with Crippen molar-refractivity contribution in [3.8, 4) is 0 Å². The molecule has 0 amide bonds. The van der Waals surface area contributed by atoms with Crippen LogP contribution in [0.15, 0.2) is 34.8 Å². The highest BCUT2D eigenvalue weighted by atomic mass is 79.9. The molecule has 0 aliphatic carbocycles. The summed E-state index contributed by atoms with van der Waals surface area (Å²) in [5, 5.41) is 16.6. The van der Waals surface area contributed by atoms with Gasteiger partial charge in [0, 0.05) is 20.2 Å². The molecule has 0 aromatic heterocycles. The first-order valence-electron chi connectivity index (χ1n) is 7.68. The maximum atomic E-state index is 11.3. The van der Waals surface area contributed by atoms with Crippen LogP contribution >= 0.6 is 51.3 Å². The van der Waals surface area contributed by atoms with Crippen molar-refractivity contribution in [2.45, 2.75) is 26.3 Å². The Hall–Kier alpha value is -1.34. The zero-order valence-corrected chi connectivity index (χ0v) is 18.0. The number of halogens is 3. The van der Waals surface area contributed by atoms with Gasteiger partial charge in [0.2, 0.25) is 0 Å². The molecule has 0 bridgehead atoms. The van der Waals surface area contributed by atoms with Crippen molar-refractivity contribution in [2.75, 3.05) is 5.32 Å². The number of aryl methyl sites for hydroxylation is 2. The highest BCUT2D eigenvalue weighted by Crippen LogP contribution is 2.29. The van der Waals surface area contributed by atoms with E-state index in [2.05, 4.69) is 26.6 Å². The van der Waals surface area contributed by atoms with Crippen LogP contribution < -0.4 is 10.6 Å². The van der Waals surface area contributed by atoms with Gasteiger partial charge in [0.05, 0.1) is 12.5 Å². The first-order chi connectivity index (χ1) is 12.2. The van der Waals surface area contributed by atoms with Crippen LogP contribution in [0.1, 0.15) is 29.2 Å². The number of carboxylic acids is 1. The molecule has 3 N–H and O–H groups in total. The van der Waals surface area contributed by atoms with Crippen molar-refractivity contribution < 1.29 is 9.90 Å². The normalized spacial score (nSPS) is 11.7. The van der Waals surface area contributed by atoms with Crippen LogP contribution in [0.4, 0.5) is 5.69 Å². The summed E-state index contributed by atoms with van der Waals surface area (Å²) in [5.41, 5.74) is 3.52. The summed E-state index contributed by atoms with van der Waals surface area (Å²) in [5.74, 6) is -0.965. The standard InChI is InChI=1S/C18H17BrCl2N2O2S/c1-9-5-11(19)6-10(2)17(9)23-18(26)22-15(8-16(24)25)13-4-3-12(20)7-14(13)21/h3-7,15H,8H2,1-2H3,(H,24,25)(H2,22,23,26)/t15-/m0/s1. The van der Waals surface area contributed by atoms with Gasteiger partial charge < -0.3 is 15.7 Å². The van der Waals surface area contributed by atoms with Gasteiger partial charge in [0.15, 0.2) is 5.11 Å². The Morgan fingerprint density at radius 3 is 2.38 bits per heavy atom. The number of rotatable bonds is 5. The first-order valence-corrected chi connectivity index (χ1v) is 9.64. The number of carboxylic acid groups (broad SMARTS) is 1. The minimum Gasteiger partial charge on any atom is -0.481 e. The molecule has 26 heavy (non-hydrogen) atoms. The average Bonchev–Trinajstić information content (AvgIpc) is 2.49. The van der Waals surface area contributed by atoms with E-state index in [-0.39, 0.29) is 6.42 Å². The SMILES string of the molecule is Cc1cc(Br)cc(C)c1NC(=S)N[C@@H](CC(=O)O)c1ccc(Cl)cc1Cl. The number of hydrogen-bond donors (Lipinski definition) is 3. The van der Waals surface area contributed by atoms with Crippen LogP contribution in [0.2, 0.25) is 10.0 Å². The fourth-order valence-corrected chi connectivity index (χ4v) is 4.08. The molecule has 0 saturated carbocycles. The lowest BCUT2D eigenvalue weighted by molar-refractivity contribution is -0.137. The molecule has 4 nitrogen and oxygen atoms in total. The highest BCUT2D eigenvalue weighted by Gasteiger charge is 2.20. The second-order valence-corrected chi connectivity index (χ2v) is 8.00. The summed E-state index contributed by atoms with van der Waals surface area (Å²) >= 11 is 21.0. The predicted octanol–water partition coefficient (Wildman–Crippen LogP) is 5.88. The molecule has 0 radical (unpaired) electrons. The molecule has 0 heterocycles. The van der Waals surface area contributed by atoms with Gasteiger partial charge in [0.25, 0.3) is 0 Å². The van der Waals surface area contributed by atoms with Crippen LogP contribution in [0.25, 0.3) is 0 Å². The van der Waals surface area contributed by atoms with Gasteiger partial charge in [-0.25, -0.2) is 0 Å². The second-order valence-electron chi connectivity index (χ2n) is 5.83. The smallest absolute Gasteiger partial charge is 0.305 e. The van der Waals surface area contributed by atoms with Crippen LogP contribution in [0.3, 0.4) is 0 Å². The van der Waals surface area contributed by atoms with Gasteiger partial charge >= 0.3 is 5.97 Å². The third-order valence-corrected chi connectivity index (χ3v) is 5.00. The Kier molecular flexibility index (Phi) is 7.29. The summed E-state index contributed by atoms with van der Waals surface area (Å²) in [6.07, 6.45) is -0.179. The van der Waals surface area contributed by atoms with E-state index < -0.39 is 12.0 Å². The second kappa shape index (κ2) is 9.04. The molecule has 0 saturated heterocycles. The number of benzene rings is 2. The van der Waals surface area contributed by atoms with Crippen molar-refractivity contribution in [1.82, 2.24) is 5.32 Å². The monoisotopic (exact) mass is 474 g/mol. The van der Waals surface area contributed by atoms with Gasteiger partial charge in [-0.05, 0) is 67.0 Å². The lowest BCUT2D eigenvalue weighted by Crippen LogP contribution is -2.34. The van der Waals surface area contributed by atoms with Crippen molar-refractivity contribution >= 4 is 68.1 Å². The van der Waals surface area contributed by atoms with E-state index in [1.54, 1.807) is 18.2 Å². The summed E-state index contributed by atoms with van der Waals surface area (Å²) in [4.78, 5) is 11.3. The quantitative estimate of drug-likeness (QED) is 0.471. The Balaban J connectivity index is 2.23. The van der Waals surface area contributed by atoms with Crippen LogP contribution in [0, 0.1) is 13.8 Å². The van der Waals surface area contributed by atoms with Gasteiger partial charge in [-0.15, -0.1) is 0 Å². The molecule has 1 atom stereocenters. The molecule has 0 spiro atoms. The molecular formula is C18H17BrCl2N2O2S. The minimum absolute atomic E-state index is 0.179. The molecule has 0 aliphatic heterocycles. The van der Waals surface area contributed by atoms with Crippen molar-refractivity contribution in [3.63, 3.8) is 0 Å². The summed E-state index contributed by atoms with van der Waals surface area (Å²) in [7, 11) is 0. The van der Waals surface area contributed by atoms with E-state index in [1.807, 2.05) is 26.0 Å². The number of carbonyl (C=O) groups is 1. The molecule has 2 aromatic carbocycles. The van der Waals surface area contributed by atoms with Crippen molar-refractivity contribution in [1.29, 1.82) is 0 Å². The topological polar surface area (TPSA) is 61.4 Å². The van der Waals surface area contributed by atoms with E-state index in [4.69, 9.17) is 35.4 Å². The summed E-state index contributed by atoms with van der Waals surface area (Å²) < 4.78 is 0.980. The van der Waals surface area contributed by atoms with Crippen molar-refractivity contribution in [2.24, 2.45) is 0 Å². The van der Waals surface area contributed by atoms with E-state index in [0.29, 0.717) is 20.7 Å². The zero-order valence-electron chi connectivity index (χ0n) is 14.1. The Bertz CT molecular complexity index is 838. The molecule has 0 fully saturated rings. The molecule has 0 aliphatic rings. The molecular weight excluding hydrogens is 459 g/mol. The fraction of sp³-hybridized carbons (Fsp3) is 0.222. The van der Waals surface area contributed by atoms with E-state index in [0.717, 1.165) is 21.3 Å². The fourth-order valence-electron chi connectivity index (χ4n) is 2.61. The Morgan fingerprint density at radius 1 is 1.23 bits per heavy atom. The maximum Gasteiger partial charge on any atom is 0.305 e. The molecule has 8 heteroatoms.